The number of anilines is 1. The maximum absolute atomic E-state index is 6.00. The second kappa shape index (κ2) is 4.91. The van der Waals surface area contributed by atoms with Gasteiger partial charge >= 0.3 is 0 Å². The van der Waals surface area contributed by atoms with Crippen LogP contribution >= 0.6 is 0 Å². The van der Waals surface area contributed by atoms with Crippen LogP contribution in [-0.2, 0) is 6.42 Å². The van der Waals surface area contributed by atoms with Gasteiger partial charge in [-0.15, -0.1) is 0 Å². The van der Waals surface area contributed by atoms with E-state index in [9.17, 15) is 0 Å². The van der Waals surface area contributed by atoms with Gasteiger partial charge in [0.2, 0.25) is 0 Å². The average molecular weight is 227 g/mol. The minimum absolute atomic E-state index is 0.707. The van der Waals surface area contributed by atoms with Crippen molar-refractivity contribution in [2.24, 2.45) is 0 Å². The molecule has 0 spiro atoms. The van der Waals surface area contributed by atoms with Crippen molar-refractivity contribution < 1.29 is 4.74 Å². The van der Waals surface area contributed by atoms with Crippen molar-refractivity contribution in [2.45, 2.75) is 20.3 Å². The third kappa shape index (κ3) is 2.41. The molecule has 0 unspecified atom stereocenters. The van der Waals surface area contributed by atoms with Gasteiger partial charge in [-0.25, -0.2) is 0 Å². The highest BCUT2D eigenvalue weighted by atomic mass is 16.5. The number of rotatable bonds is 3. The van der Waals surface area contributed by atoms with Crippen molar-refractivity contribution in [3.63, 3.8) is 0 Å². The zero-order chi connectivity index (χ0) is 12.3. The summed E-state index contributed by atoms with van der Waals surface area (Å²) in [4.78, 5) is 0. The molecule has 0 aliphatic heterocycles. The van der Waals surface area contributed by atoms with E-state index in [4.69, 9.17) is 10.5 Å². The predicted octanol–water partition coefficient (Wildman–Crippen LogP) is 3.93. The van der Waals surface area contributed by atoms with E-state index < -0.39 is 0 Å². The molecule has 2 rings (SSSR count). The zero-order valence-corrected chi connectivity index (χ0v) is 10.2. The largest absolute Gasteiger partial charge is 0.455 e. The smallest absolute Gasteiger partial charge is 0.150 e. The van der Waals surface area contributed by atoms with E-state index in [0.29, 0.717) is 5.69 Å². The lowest BCUT2D eigenvalue weighted by Crippen LogP contribution is -1.96. The molecule has 0 amide bonds. The quantitative estimate of drug-likeness (QED) is 0.806. The SMILES string of the molecule is CCc1ccccc1Oc1cccc(C)c1N. The number of para-hydroxylation sites is 2. The van der Waals surface area contributed by atoms with Crippen LogP contribution in [0.2, 0.25) is 0 Å². The highest BCUT2D eigenvalue weighted by molar-refractivity contribution is 5.59. The molecule has 0 radical (unpaired) electrons. The molecular weight excluding hydrogens is 210 g/mol. The van der Waals surface area contributed by atoms with Crippen LogP contribution in [-0.4, -0.2) is 0 Å². The number of aryl methyl sites for hydroxylation is 2. The van der Waals surface area contributed by atoms with E-state index in [2.05, 4.69) is 13.0 Å². The van der Waals surface area contributed by atoms with Crippen LogP contribution in [0.4, 0.5) is 5.69 Å². The number of nitrogens with two attached hydrogens (primary N) is 1. The summed E-state index contributed by atoms with van der Waals surface area (Å²) < 4.78 is 5.89. The van der Waals surface area contributed by atoms with Crippen LogP contribution in [0.15, 0.2) is 42.5 Å². The van der Waals surface area contributed by atoms with Gasteiger partial charge in [0.1, 0.15) is 5.75 Å². The summed E-state index contributed by atoms with van der Waals surface area (Å²) in [6.45, 7) is 4.09. The van der Waals surface area contributed by atoms with E-state index in [-0.39, 0.29) is 0 Å². The Morgan fingerprint density at radius 1 is 1.00 bits per heavy atom. The van der Waals surface area contributed by atoms with Gasteiger partial charge in [-0.2, -0.15) is 0 Å². The molecule has 0 heterocycles. The Kier molecular flexibility index (Phi) is 3.33. The van der Waals surface area contributed by atoms with E-state index in [0.717, 1.165) is 23.5 Å². The first-order valence-corrected chi connectivity index (χ1v) is 5.83. The zero-order valence-electron chi connectivity index (χ0n) is 10.2. The third-order valence-electron chi connectivity index (χ3n) is 2.86. The van der Waals surface area contributed by atoms with Gasteiger partial charge in [0.25, 0.3) is 0 Å². The summed E-state index contributed by atoms with van der Waals surface area (Å²) >= 11 is 0. The number of nitrogen functional groups attached to an aromatic ring is 1. The lowest BCUT2D eigenvalue weighted by atomic mass is 10.1. The van der Waals surface area contributed by atoms with Gasteiger partial charge < -0.3 is 10.5 Å². The van der Waals surface area contributed by atoms with E-state index in [1.54, 1.807) is 0 Å². The van der Waals surface area contributed by atoms with Crippen LogP contribution in [0.5, 0.6) is 11.5 Å². The van der Waals surface area contributed by atoms with E-state index in [1.807, 2.05) is 43.3 Å². The Morgan fingerprint density at radius 3 is 2.47 bits per heavy atom. The minimum Gasteiger partial charge on any atom is -0.455 e. The lowest BCUT2D eigenvalue weighted by Gasteiger charge is -2.12. The monoisotopic (exact) mass is 227 g/mol. The van der Waals surface area contributed by atoms with Crippen molar-refractivity contribution >= 4 is 5.69 Å². The van der Waals surface area contributed by atoms with Crippen molar-refractivity contribution in [1.82, 2.24) is 0 Å². The molecule has 2 aromatic carbocycles. The molecule has 2 aromatic rings. The number of hydrogen-bond donors (Lipinski definition) is 1. The first-order valence-electron chi connectivity index (χ1n) is 5.83. The second-order valence-electron chi connectivity index (χ2n) is 4.05. The van der Waals surface area contributed by atoms with Crippen LogP contribution in [0.3, 0.4) is 0 Å². The standard InChI is InChI=1S/C15H17NO/c1-3-12-8-4-5-9-13(12)17-14-10-6-7-11(2)15(14)16/h4-10H,3,16H2,1-2H3. The summed E-state index contributed by atoms with van der Waals surface area (Å²) in [5.41, 5.74) is 8.93. The fourth-order valence-electron chi connectivity index (χ4n) is 1.76. The van der Waals surface area contributed by atoms with Crippen LogP contribution in [0.25, 0.3) is 0 Å². The molecule has 0 atom stereocenters. The molecule has 0 saturated heterocycles. The van der Waals surface area contributed by atoms with Crippen molar-refractivity contribution in [2.75, 3.05) is 5.73 Å². The third-order valence-corrected chi connectivity index (χ3v) is 2.86. The summed E-state index contributed by atoms with van der Waals surface area (Å²) in [6.07, 6.45) is 0.946. The molecule has 88 valence electrons. The van der Waals surface area contributed by atoms with Crippen LogP contribution in [0.1, 0.15) is 18.1 Å². The van der Waals surface area contributed by atoms with Crippen molar-refractivity contribution in [3.05, 3.63) is 53.6 Å². The van der Waals surface area contributed by atoms with Gasteiger partial charge in [-0.1, -0.05) is 37.3 Å². The highest BCUT2D eigenvalue weighted by Gasteiger charge is 2.06. The topological polar surface area (TPSA) is 35.2 Å². The highest BCUT2D eigenvalue weighted by Crippen LogP contribution is 2.31. The Morgan fingerprint density at radius 2 is 1.71 bits per heavy atom. The maximum atomic E-state index is 6.00. The van der Waals surface area contributed by atoms with Gasteiger partial charge in [0.15, 0.2) is 5.75 Å². The normalized spacial score (nSPS) is 10.2. The summed E-state index contributed by atoms with van der Waals surface area (Å²) in [5, 5.41) is 0. The first kappa shape index (κ1) is 11.5. The number of hydrogen-bond acceptors (Lipinski definition) is 2. The van der Waals surface area contributed by atoms with Gasteiger partial charge in [0.05, 0.1) is 5.69 Å². The molecule has 0 fully saturated rings. The van der Waals surface area contributed by atoms with Crippen molar-refractivity contribution in [3.8, 4) is 11.5 Å². The van der Waals surface area contributed by atoms with Gasteiger partial charge in [-0.05, 0) is 36.6 Å². The molecule has 2 N–H and O–H groups in total. The molecule has 17 heavy (non-hydrogen) atoms. The molecule has 0 aromatic heterocycles. The maximum Gasteiger partial charge on any atom is 0.150 e. The Bertz CT molecular complexity index is 520. The summed E-state index contributed by atoms with van der Waals surface area (Å²) in [6, 6.07) is 13.9. The van der Waals surface area contributed by atoms with E-state index in [1.165, 1.54) is 5.56 Å². The fourth-order valence-corrected chi connectivity index (χ4v) is 1.76. The molecule has 0 saturated carbocycles. The lowest BCUT2D eigenvalue weighted by molar-refractivity contribution is 0.479. The molecule has 0 bridgehead atoms. The average Bonchev–Trinajstić information content (AvgIpc) is 2.35. The predicted molar refractivity (Wildman–Crippen MR) is 71.5 cm³/mol. The van der Waals surface area contributed by atoms with Gasteiger partial charge in [0, 0.05) is 0 Å². The molecule has 0 aliphatic carbocycles. The number of benzene rings is 2. The summed E-state index contributed by atoms with van der Waals surface area (Å²) in [7, 11) is 0. The molecule has 2 nitrogen and oxygen atoms in total. The molecule has 0 aliphatic rings. The number of ether oxygens (including phenoxy) is 1. The molecular formula is C15H17NO. The van der Waals surface area contributed by atoms with Crippen LogP contribution < -0.4 is 10.5 Å². The fraction of sp³-hybridized carbons (Fsp3) is 0.200. The minimum atomic E-state index is 0.707. The van der Waals surface area contributed by atoms with E-state index >= 15 is 0 Å². The Balaban J connectivity index is 2.35. The second-order valence-corrected chi connectivity index (χ2v) is 4.05. The Hall–Kier alpha value is -1.96. The van der Waals surface area contributed by atoms with Crippen molar-refractivity contribution in [1.29, 1.82) is 0 Å². The van der Waals surface area contributed by atoms with Crippen LogP contribution in [0, 0.1) is 6.92 Å². The Labute approximate surface area is 102 Å². The van der Waals surface area contributed by atoms with Gasteiger partial charge in [-0.3, -0.25) is 0 Å². The first-order chi connectivity index (χ1) is 8.22. The summed E-state index contributed by atoms with van der Waals surface area (Å²) in [5.74, 6) is 1.61. The molecule has 2 heteroatoms.